The maximum Gasteiger partial charge on any atom is 0.223 e. The van der Waals surface area contributed by atoms with Crippen LogP contribution in [0.2, 0.25) is 0 Å². The molecular formula is C19H29N5O3. The second kappa shape index (κ2) is 8.65. The Balaban J connectivity index is 1.44. The molecule has 0 saturated carbocycles. The van der Waals surface area contributed by atoms with Crippen molar-refractivity contribution in [1.82, 2.24) is 24.8 Å². The van der Waals surface area contributed by atoms with Gasteiger partial charge in [0.15, 0.2) is 5.82 Å². The number of carbonyl (C=O) groups is 1. The van der Waals surface area contributed by atoms with Crippen LogP contribution in [0.3, 0.4) is 0 Å². The summed E-state index contributed by atoms with van der Waals surface area (Å²) in [5.74, 6) is 1.43. The van der Waals surface area contributed by atoms with Crippen molar-refractivity contribution >= 4 is 5.91 Å². The van der Waals surface area contributed by atoms with Gasteiger partial charge in [-0.05, 0) is 38.7 Å². The van der Waals surface area contributed by atoms with Gasteiger partial charge < -0.3 is 14.2 Å². The first-order valence-corrected chi connectivity index (χ1v) is 9.61. The number of aromatic nitrogens is 4. The summed E-state index contributed by atoms with van der Waals surface area (Å²) in [7, 11) is 1.94. The maximum absolute atomic E-state index is 12.7. The van der Waals surface area contributed by atoms with Gasteiger partial charge in [0.05, 0.1) is 18.4 Å². The van der Waals surface area contributed by atoms with Gasteiger partial charge in [-0.3, -0.25) is 9.48 Å². The molecule has 2 aromatic rings. The number of hydrogen-bond acceptors (Lipinski definition) is 6. The Morgan fingerprint density at radius 1 is 1.30 bits per heavy atom. The number of carbonyl (C=O) groups excluding carboxylic acids is 1. The molecule has 1 fully saturated rings. The van der Waals surface area contributed by atoms with E-state index in [1.54, 1.807) is 6.92 Å². The highest BCUT2D eigenvalue weighted by atomic mass is 16.5. The molecule has 1 saturated heterocycles. The molecule has 1 aliphatic heterocycles. The molecule has 8 nitrogen and oxygen atoms in total. The molecule has 0 radical (unpaired) electrons. The zero-order chi connectivity index (χ0) is 19.4. The molecule has 3 heterocycles. The third kappa shape index (κ3) is 4.94. The summed E-state index contributed by atoms with van der Waals surface area (Å²) < 4.78 is 12.8. The number of ether oxygens (including phenoxy) is 1. The molecule has 1 amide bonds. The highest BCUT2D eigenvalue weighted by Gasteiger charge is 2.24. The van der Waals surface area contributed by atoms with Gasteiger partial charge in [-0.2, -0.15) is 10.1 Å². The minimum Gasteiger partial charge on any atom is -0.376 e. The fourth-order valence-corrected chi connectivity index (χ4v) is 3.63. The van der Waals surface area contributed by atoms with Gasteiger partial charge in [-0.1, -0.05) is 5.16 Å². The number of hydrogen-bond donors (Lipinski definition) is 0. The summed E-state index contributed by atoms with van der Waals surface area (Å²) in [4.78, 5) is 18.8. The monoisotopic (exact) mass is 375 g/mol. The van der Waals surface area contributed by atoms with E-state index in [1.165, 1.54) is 5.56 Å². The number of amides is 1. The summed E-state index contributed by atoms with van der Waals surface area (Å²) >= 11 is 0. The highest BCUT2D eigenvalue weighted by molar-refractivity contribution is 5.76. The van der Waals surface area contributed by atoms with E-state index >= 15 is 0 Å². The molecule has 3 rings (SSSR count). The normalized spacial score (nSPS) is 17.5. The lowest BCUT2D eigenvalue weighted by molar-refractivity contribution is -0.135. The first kappa shape index (κ1) is 19.5. The van der Waals surface area contributed by atoms with Gasteiger partial charge >= 0.3 is 0 Å². The Morgan fingerprint density at radius 3 is 2.78 bits per heavy atom. The van der Waals surface area contributed by atoms with Gasteiger partial charge in [0.1, 0.15) is 0 Å². The van der Waals surface area contributed by atoms with E-state index in [9.17, 15) is 4.79 Å². The average Bonchev–Trinajstić information content (AvgIpc) is 3.16. The predicted octanol–water partition coefficient (Wildman–Crippen LogP) is 1.91. The Labute approximate surface area is 159 Å². The van der Waals surface area contributed by atoms with Crippen molar-refractivity contribution in [3.8, 4) is 0 Å². The number of likely N-dealkylation sites (tertiary alicyclic amines) is 1. The fourth-order valence-electron chi connectivity index (χ4n) is 3.63. The molecule has 0 aromatic carbocycles. The molecule has 1 atom stereocenters. The van der Waals surface area contributed by atoms with Crippen molar-refractivity contribution in [2.75, 3.05) is 19.7 Å². The standard InChI is InChI=1S/C19H29N5O3/c1-13-17(14(2)23(4)21-13)7-8-19(25)24-10-5-6-16(12-24)26-11-9-18-20-15(3)27-22-18/h16H,5-12H2,1-4H3. The third-order valence-corrected chi connectivity index (χ3v) is 5.23. The van der Waals surface area contributed by atoms with Crippen molar-refractivity contribution in [2.24, 2.45) is 7.05 Å². The van der Waals surface area contributed by atoms with Crippen LogP contribution in [0.15, 0.2) is 4.52 Å². The van der Waals surface area contributed by atoms with E-state index in [2.05, 4.69) is 22.2 Å². The molecule has 0 N–H and O–H groups in total. The largest absolute Gasteiger partial charge is 0.376 e. The lowest BCUT2D eigenvalue weighted by atomic mass is 10.0. The zero-order valence-corrected chi connectivity index (χ0v) is 16.7. The van der Waals surface area contributed by atoms with E-state index in [1.807, 2.05) is 23.6 Å². The Hall–Kier alpha value is -2.22. The van der Waals surface area contributed by atoms with E-state index in [0.717, 1.165) is 37.2 Å². The molecule has 1 aliphatic rings. The molecular weight excluding hydrogens is 346 g/mol. The summed E-state index contributed by atoms with van der Waals surface area (Å²) in [6.45, 7) is 7.84. The number of aryl methyl sites for hydroxylation is 3. The Bertz CT molecular complexity index is 782. The Morgan fingerprint density at radius 2 is 2.11 bits per heavy atom. The molecule has 2 aromatic heterocycles. The van der Waals surface area contributed by atoms with Crippen LogP contribution in [0, 0.1) is 20.8 Å². The van der Waals surface area contributed by atoms with E-state index < -0.39 is 0 Å². The first-order chi connectivity index (χ1) is 12.9. The molecule has 27 heavy (non-hydrogen) atoms. The third-order valence-electron chi connectivity index (χ3n) is 5.23. The van der Waals surface area contributed by atoms with Gasteiger partial charge in [0.25, 0.3) is 0 Å². The molecule has 0 bridgehead atoms. The number of nitrogens with zero attached hydrogens (tertiary/aromatic N) is 5. The van der Waals surface area contributed by atoms with Crippen LogP contribution in [-0.2, 0) is 29.4 Å². The minimum atomic E-state index is 0.0811. The van der Waals surface area contributed by atoms with Crippen LogP contribution in [0.5, 0.6) is 0 Å². The molecule has 0 spiro atoms. The topological polar surface area (TPSA) is 86.3 Å². The van der Waals surface area contributed by atoms with Gasteiger partial charge in [-0.15, -0.1) is 0 Å². The van der Waals surface area contributed by atoms with Gasteiger partial charge in [0, 0.05) is 45.6 Å². The fraction of sp³-hybridized carbons (Fsp3) is 0.684. The second-order valence-corrected chi connectivity index (χ2v) is 7.23. The number of rotatable bonds is 7. The van der Waals surface area contributed by atoms with Crippen LogP contribution in [0.25, 0.3) is 0 Å². The highest BCUT2D eigenvalue weighted by Crippen LogP contribution is 2.18. The first-order valence-electron chi connectivity index (χ1n) is 9.61. The van der Waals surface area contributed by atoms with Crippen LogP contribution >= 0.6 is 0 Å². The van der Waals surface area contributed by atoms with E-state index in [-0.39, 0.29) is 12.0 Å². The van der Waals surface area contributed by atoms with Crippen LogP contribution in [0.1, 0.15) is 47.9 Å². The van der Waals surface area contributed by atoms with Crippen molar-refractivity contribution < 1.29 is 14.1 Å². The van der Waals surface area contributed by atoms with Crippen molar-refractivity contribution in [3.63, 3.8) is 0 Å². The van der Waals surface area contributed by atoms with E-state index in [4.69, 9.17) is 9.26 Å². The number of piperidine rings is 1. The minimum absolute atomic E-state index is 0.0811. The maximum atomic E-state index is 12.7. The van der Waals surface area contributed by atoms with Crippen molar-refractivity contribution in [1.29, 1.82) is 0 Å². The predicted molar refractivity (Wildman–Crippen MR) is 99.3 cm³/mol. The van der Waals surface area contributed by atoms with Gasteiger partial charge in [0.2, 0.25) is 11.8 Å². The average molecular weight is 375 g/mol. The van der Waals surface area contributed by atoms with Crippen LogP contribution in [0.4, 0.5) is 0 Å². The van der Waals surface area contributed by atoms with Crippen LogP contribution in [-0.4, -0.2) is 56.5 Å². The molecule has 148 valence electrons. The summed E-state index contributed by atoms with van der Waals surface area (Å²) in [5, 5.41) is 8.30. The SMILES string of the molecule is Cc1nc(CCOC2CCCN(C(=O)CCc3c(C)nn(C)c3C)C2)no1. The lowest BCUT2D eigenvalue weighted by Crippen LogP contribution is -2.43. The molecule has 1 unspecified atom stereocenters. The molecule has 0 aliphatic carbocycles. The van der Waals surface area contributed by atoms with Crippen molar-refractivity contribution in [2.45, 2.75) is 59.0 Å². The summed E-state index contributed by atoms with van der Waals surface area (Å²) in [6, 6.07) is 0. The molecule has 8 heteroatoms. The quantitative estimate of drug-likeness (QED) is 0.735. The summed E-state index contributed by atoms with van der Waals surface area (Å²) in [6.07, 6.45) is 3.92. The van der Waals surface area contributed by atoms with Gasteiger partial charge in [-0.25, -0.2) is 0 Å². The zero-order valence-electron chi connectivity index (χ0n) is 16.7. The Kier molecular flexibility index (Phi) is 6.26. The van der Waals surface area contributed by atoms with E-state index in [0.29, 0.717) is 37.7 Å². The summed E-state index contributed by atoms with van der Waals surface area (Å²) in [5.41, 5.74) is 3.34. The lowest BCUT2D eigenvalue weighted by Gasteiger charge is -2.32. The van der Waals surface area contributed by atoms with Crippen molar-refractivity contribution in [3.05, 3.63) is 28.7 Å². The van der Waals surface area contributed by atoms with Crippen LogP contribution < -0.4 is 0 Å². The smallest absolute Gasteiger partial charge is 0.223 e. The second-order valence-electron chi connectivity index (χ2n) is 7.23.